The molecule has 3 nitrogen and oxygen atoms in total. The molecule has 1 fully saturated rings. The molecule has 2 aromatic rings. The van der Waals surface area contributed by atoms with E-state index in [0.29, 0.717) is 6.04 Å². The first-order valence-electron chi connectivity index (χ1n) is 7.80. The van der Waals surface area contributed by atoms with Crippen molar-refractivity contribution in [3.8, 4) is 0 Å². The number of aromatic nitrogens is 2. The van der Waals surface area contributed by atoms with Crippen molar-refractivity contribution in [1.29, 1.82) is 0 Å². The van der Waals surface area contributed by atoms with Gasteiger partial charge in [-0.15, -0.1) is 0 Å². The number of aryl methyl sites for hydroxylation is 1. The van der Waals surface area contributed by atoms with Gasteiger partial charge in [0, 0.05) is 13.1 Å². The van der Waals surface area contributed by atoms with Crippen LogP contribution in [0.1, 0.15) is 38.9 Å². The van der Waals surface area contributed by atoms with E-state index in [1.54, 1.807) is 0 Å². The van der Waals surface area contributed by atoms with Crippen molar-refractivity contribution in [3.05, 3.63) is 30.1 Å². The molecule has 0 radical (unpaired) electrons. The Bertz CT molecular complexity index is 587. The Morgan fingerprint density at radius 2 is 2.05 bits per heavy atom. The van der Waals surface area contributed by atoms with Crippen molar-refractivity contribution in [1.82, 2.24) is 14.9 Å². The second kappa shape index (κ2) is 5.57. The average molecular weight is 271 g/mol. The van der Waals surface area contributed by atoms with Crippen LogP contribution in [0.25, 0.3) is 11.0 Å². The van der Waals surface area contributed by atoms with Gasteiger partial charge in [0.25, 0.3) is 0 Å². The molecule has 0 saturated heterocycles. The lowest BCUT2D eigenvalue weighted by Crippen LogP contribution is -2.40. The summed E-state index contributed by atoms with van der Waals surface area (Å²) in [5.74, 6) is 2.73. The third-order valence-electron chi connectivity index (χ3n) is 5.11. The maximum atomic E-state index is 4.74. The van der Waals surface area contributed by atoms with E-state index in [1.807, 2.05) is 0 Å². The number of para-hydroxylation sites is 2. The second-order valence-corrected chi connectivity index (χ2v) is 6.33. The molecule has 20 heavy (non-hydrogen) atoms. The smallest absolute Gasteiger partial charge is 0.123 e. The van der Waals surface area contributed by atoms with Gasteiger partial charge in [0.2, 0.25) is 0 Å². The van der Waals surface area contributed by atoms with Crippen molar-refractivity contribution in [2.45, 2.75) is 45.7 Å². The van der Waals surface area contributed by atoms with Crippen molar-refractivity contribution < 1.29 is 0 Å². The number of nitrogens with zero attached hydrogens (tertiary/aromatic N) is 2. The Balaban J connectivity index is 1.72. The fourth-order valence-corrected chi connectivity index (χ4v) is 3.45. The van der Waals surface area contributed by atoms with E-state index < -0.39 is 0 Å². The van der Waals surface area contributed by atoms with Gasteiger partial charge in [-0.1, -0.05) is 38.8 Å². The highest BCUT2D eigenvalue weighted by atomic mass is 15.1. The second-order valence-electron chi connectivity index (χ2n) is 6.33. The molecule has 0 bridgehead atoms. The molecule has 3 unspecified atom stereocenters. The molecule has 0 aliphatic heterocycles. The minimum atomic E-state index is 0.638. The molecule has 3 heteroatoms. The molecule has 108 valence electrons. The van der Waals surface area contributed by atoms with Gasteiger partial charge in [0.1, 0.15) is 5.82 Å². The van der Waals surface area contributed by atoms with Crippen LogP contribution in [0.4, 0.5) is 0 Å². The van der Waals surface area contributed by atoms with Gasteiger partial charge < -0.3 is 9.88 Å². The summed E-state index contributed by atoms with van der Waals surface area (Å²) in [5.41, 5.74) is 2.31. The van der Waals surface area contributed by atoms with Gasteiger partial charge in [-0.3, -0.25) is 0 Å². The molecule has 1 aliphatic rings. The van der Waals surface area contributed by atoms with Crippen molar-refractivity contribution in [2.24, 2.45) is 18.9 Å². The maximum absolute atomic E-state index is 4.74. The van der Waals surface area contributed by atoms with E-state index in [4.69, 9.17) is 4.98 Å². The molecule has 1 aliphatic carbocycles. The predicted molar refractivity (Wildman–Crippen MR) is 83.5 cm³/mol. The van der Waals surface area contributed by atoms with E-state index >= 15 is 0 Å². The normalized spacial score (nSPS) is 27.1. The van der Waals surface area contributed by atoms with Gasteiger partial charge in [-0.2, -0.15) is 0 Å². The summed E-state index contributed by atoms with van der Waals surface area (Å²) in [4.78, 5) is 4.74. The van der Waals surface area contributed by atoms with Crippen LogP contribution in [0.5, 0.6) is 0 Å². The number of imidazole rings is 1. The summed E-state index contributed by atoms with van der Waals surface area (Å²) in [7, 11) is 2.11. The van der Waals surface area contributed by atoms with E-state index in [-0.39, 0.29) is 0 Å². The lowest BCUT2D eigenvalue weighted by molar-refractivity contribution is 0.204. The zero-order valence-electron chi connectivity index (χ0n) is 12.8. The van der Waals surface area contributed by atoms with E-state index in [1.165, 1.54) is 24.8 Å². The number of rotatable bonds is 3. The number of nitrogens with one attached hydrogen (secondary N) is 1. The SMILES string of the molecule is CC1CCCC(NCc2nc3ccccc3n2C)C1C. The minimum absolute atomic E-state index is 0.638. The number of hydrogen-bond acceptors (Lipinski definition) is 2. The van der Waals surface area contributed by atoms with Gasteiger partial charge in [0.05, 0.1) is 17.6 Å². The lowest BCUT2D eigenvalue weighted by Gasteiger charge is -2.34. The molecule has 1 aromatic heterocycles. The molecule has 3 rings (SSSR count). The Morgan fingerprint density at radius 1 is 1.25 bits per heavy atom. The van der Waals surface area contributed by atoms with Gasteiger partial charge in [-0.25, -0.2) is 4.98 Å². The van der Waals surface area contributed by atoms with E-state index in [2.05, 4.69) is 55.0 Å². The van der Waals surface area contributed by atoms with Gasteiger partial charge in [-0.05, 0) is 30.4 Å². The number of benzene rings is 1. The molecule has 0 amide bonds. The maximum Gasteiger partial charge on any atom is 0.123 e. The molecule has 1 saturated carbocycles. The van der Waals surface area contributed by atoms with E-state index in [9.17, 15) is 0 Å². The number of fused-ring (bicyclic) bond motifs is 1. The molecule has 0 spiro atoms. The molecule has 1 aromatic carbocycles. The van der Waals surface area contributed by atoms with E-state index in [0.717, 1.165) is 29.7 Å². The van der Waals surface area contributed by atoms with Gasteiger partial charge >= 0.3 is 0 Å². The van der Waals surface area contributed by atoms with Gasteiger partial charge in [0.15, 0.2) is 0 Å². The molecule has 3 atom stereocenters. The zero-order chi connectivity index (χ0) is 14.1. The van der Waals surface area contributed by atoms with Crippen LogP contribution in [0.3, 0.4) is 0 Å². The van der Waals surface area contributed by atoms with Crippen molar-refractivity contribution in [2.75, 3.05) is 0 Å². The first-order chi connectivity index (χ1) is 9.66. The monoisotopic (exact) mass is 271 g/mol. The fourth-order valence-electron chi connectivity index (χ4n) is 3.45. The van der Waals surface area contributed by atoms with Crippen LogP contribution in [0.15, 0.2) is 24.3 Å². The van der Waals surface area contributed by atoms with Crippen LogP contribution < -0.4 is 5.32 Å². The number of hydrogen-bond donors (Lipinski definition) is 1. The minimum Gasteiger partial charge on any atom is -0.330 e. The highest BCUT2D eigenvalue weighted by molar-refractivity contribution is 5.75. The Hall–Kier alpha value is -1.35. The standard InChI is InChI=1S/C17H25N3/c1-12-7-6-9-14(13(12)2)18-11-17-19-15-8-4-5-10-16(15)20(17)3/h4-5,8,10,12-14,18H,6-7,9,11H2,1-3H3. The lowest BCUT2D eigenvalue weighted by atomic mass is 9.78. The molecular weight excluding hydrogens is 246 g/mol. The van der Waals surface area contributed by atoms with Crippen molar-refractivity contribution >= 4 is 11.0 Å². The quantitative estimate of drug-likeness (QED) is 0.926. The first kappa shape index (κ1) is 13.6. The van der Waals surface area contributed by atoms with Crippen LogP contribution in [0, 0.1) is 11.8 Å². The summed E-state index contributed by atoms with van der Waals surface area (Å²) < 4.78 is 2.21. The fraction of sp³-hybridized carbons (Fsp3) is 0.588. The summed E-state index contributed by atoms with van der Waals surface area (Å²) in [5, 5.41) is 3.74. The molecule has 1 N–H and O–H groups in total. The summed E-state index contributed by atoms with van der Waals surface area (Å²) in [6.45, 7) is 5.64. The highest BCUT2D eigenvalue weighted by Crippen LogP contribution is 2.29. The third-order valence-corrected chi connectivity index (χ3v) is 5.11. The van der Waals surface area contributed by atoms with Crippen LogP contribution in [-0.4, -0.2) is 15.6 Å². The highest BCUT2D eigenvalue weighted by Gasteiger charge is 2.26. The average Bonchev–Trinajstić information content (AvgIpc) is 2.78. The first-order valence-corrected chi connectivity index (χ1v) is 7.80. The third kappa shape index (κ3) is 2.47. The molecule has 1 heterocycles. The van der Waals surface area contributed by atoms with Crippen LogP contribution in [0.2, 0.25) is 0 Å². The Kier molecular flexibility index (Phi) is 3.79. The Labute approximate surface area is 121 Å². The predicted octanol–water partition coefficient (Wildman–Crippen LogP) is 3.49. The largest absolute Gasteiger partial charge is 0.330 e. The summed E-state index contributed by atoms with van der Waals surface area (Å²) in [6.07, 6.45) is 4.03. The molecular formula is C17H25N3. The van der Waals surface area contributed by atoms with Crippen LogP contribution in [-0.2, 0) is 13.6 Å². The summed E-state index contributed by atoms with van der Waals surface area (Å²) >= 11 is 0. The Morgan fingerprint density at radius 3 is 2.85 bits per heavy atom. The van der Waals surface area contributed by atoms with Crippen LogP contribution >= 0.6 is 0 Å². The topological polar surface area (TPSA) is 29.9 Å². The van der Waals surface area contributed by atoms with Crippen molar-refractivity contribution in [3.63, 3.8) is 0 Å². The summed E-state index contributed by atoms with van der Waals surface area (Å²) in [6, 6.07) is 8.99. The zero-order valence-corrected chi connectivity index (χ0v) is 12.8.